The van der Waals surface area contributed by atoms with E-state index in [4.69, 9.17) is 0 Å². The number of hydrogen-bond donors (Lipinski definition) is 1. The van der Waals surface area contributed by atoms with Crippen LogP contribution in [0.1, 0.15) is 30.9 Å². The Morgan fingerprint density at radius 1 is 1.20 bits per heavy atom. The second-order valence-corrected chi connectivity index (χ2v) is 7.11. The van der Waals surface area contributed by atoms with Crippen LogP contribution in [0.5, 0.6) is 0 Å². The molecule has 1 fully saturated rings. The predicted molar refractivity (Wildman–Crippen MR) is 98.0 cm³/mol. The van der Waals surface area contributed by atoms with Crippen LogP contribution < -0.4 is 5.32 Å². The second kappa shape index (κ2) is 7.83. The largest absolute Gasteiger partial charge is 0.353 e. The SMILES string of the molecule is CC1=CCN(C(=O)CC2C(=O)NCCN2Cc2ccc(C)cc2)CC1. The Bertz CT molecular complexity index is 666. The Kier molecular flexibility index (Phi) is 5.53. The maximum atomic E-state index is 12.7. The van der Waals surface area contributed by atoms with Crippen molar-refractivity contribution >= 4 is 11.8 Å². The minimum absolute atomic E-state index is 0.0320. The first-order valence-electron chi connectivity index (χ1n) is 9.03. The summed E-state index contributed by atoms with van der Waals surface area (Å²) in [5.41, 5.74) is 3.73. The first-order valence-corrected chi connectivity index (χ1v) is 9.03. The monoisotopic (exact) mass is 341 g/mol. The van der Waals surface area contributed by atoms with Gasteiger partial charge in [-0.1, -0.05) is 41.5 Å². The molecule has 1 atom stereocenters. The van der Waals surface area contributed by atoms with Crippen LogP contribution in [-0.2, 0) is 16.1 Å². The third kappa shape index (κ3) is 4.48. The molecule has 0 spiro atoms. The Morgan fingerprint density at radius 3 is 2.64 bits per heavy atom. The normalized spacial score (nSPS) is 21.7. The minimum atomic E-state index is -0.380. The van der Waals surface area contributed by atoms with Gasteiger partial charge < -0.3 is 10.2 Å². The van der Waals surface area contributed by atoms with Crippen molar-refractivity contribution in [3.05, 3.63) is 47.0 Å². The number of hydrogen-bond acceptors (Lipinski definition) is 3. The molecular formula is C20H27N3O2. The number of carbonyl (C=O) groups is 2. The number of benzene rings is 1. The summed E-state index contributed by atoms with van der Waals surface area (Å²) in [7, 11) is 0. The van der Waals surface area contributed by atoms with E-state index in [1.54, 1.807) is 0 Å². The molecule has 1 unspecified atom stereocenters. The van der Waals surface area contributed by atoms with Crippen molar-refractivity contribution in [2.75, 3.05) is 26.2 Å². The molecule has 1 N–H and O–H groups in total. The van der Waals surface area contributed by atoms with Gasteiger partial charge in [0.2, 0.25) is 11.8 Å². The summed E-state index contributed by atoms with van der Waals surface area (Å²) in [4.78, 5) is 29.0. The molecule has 1 aromatic rings. The van der Waals surface area contributed by atoms with E-state index >= 15 is 0 Å². The molecule has 1 aromatic carbocycles. The molecule has 5 nitrogen and oxygen atoms in total. The maximum absolute atomic E-state index is 12.7. The van der Waals surface area contributed by atoms with Gasteiger partial charge in [-0.3, -0.25) is 14.5 Å². The molecule has 0 aromatic heterocycles. The number of rotatable bonds is 4. The molecule has 2 heterocycles. The van der Waals surface area contributed by atoms with Crippen LogP contribution in [0.2, 0.25) is 0 Å². The Morgan fingerprint density at radius 2 is 1.96 bits per heavy atom. The van der Waals surface area contributed by atoms with Gasteiger partial charge in [0.15, 0.2) is 0 Å². The van der Waals surface area contributed by atoms with Gasteiger partial charge >= 0.3 is 0 Å². The fraction of sp³-hybridized carbons (Fsp3) is 0.500. The molecule has 5 heteroatoms. The van der Waals surface area contributed by atoms with Crippen LogP contribution in [0.15, 0.2) is 35.9 Å². The van der Waals surface area contributed by atoms with Crippen LogP contribution in [-0.4, -0.2) is 53.8 Å². The quantitative estimate of drug-likeness (QED) is 0.851. The highest BCUT2D eigenvalue weighted by atomic mass is 16.2. The summed E-state index contributed by atoms with van der Waals surface area (Å²) in [6.07, 6.45) is 3.28. The molecule has 3 rings (SSSR count). The third-order valence-corrected chi connectivity index (χ3v) is 5.10. The van der Waals surface area contributed by atoms with Gasteiger partial charge in [-0.15, -0.1) is 0 Å². The van der Waals surface area contributed by atoms with E-state index in [2.05, 4.69) is 54.4 Å². The minimum Gasteiger partial charge on any atom is -0.353 e. The Balaban J connectivity index is 1.66. The standard InChI is InChI=1S/C20H27N3O2/c1-15-3-5-17(6-4-15)14-23-12-9-21-20(25)18(23)13-19(24)22-10-7-16(2)8-11-22/h3-7,18H,8-14H2,1-2H3,(H,21,25). The first-order chi connectivity index (χ1) is 12.0. The average molecular weight is 341 g/mol. The highest BCUT2D eigenvalue weighted by Crippen LogP contribution is 2.17. The number of amides is 2. The van der Waals surface area contributed by atoms with Gasteiger partial charge in [-0.05, 0) is 25.8 Å². The molecule has 0 bridgehead atoms. The van der Waals surface area contributed by atoms with Gasteiger partial charge in [-0.2, -0.15) is 0 Å². The Hall–Kier alpha value is -2.14. The van der Waals surface area contributed by atoms with Crippen molar-refractivity contribution in [3.63, 3.8) is 0 Å². The molecule has 2 aliphatic heterocycles. The second-order valence-electron chi connectivity index (χ2n) is 7.11. The van der Waals surface area contributed by atoms with Gasteiger partial charge in [0.25, 0.3) is 0 Å². The summed E-state index contributed by atoms with van der Waals surface area (Å²) in [5.74, 6) is 0.0372. The van der Waals surface area contributed by atoms with E-state index in [1.807, 2.05) is 4.90 Å². The van der Waals surface area contributed by atoms with Crippen LogP contribution in [0.25, 0.3) is 0 Å². The first kappa shape index (κ1) is 17.7. The van der Waals surface area contributed by atoms with Gasteiger partial charge in [0, 0.05) is 32.7 Å². The number of nitrogens with one attached hydrogen (secondary N) is 1. The molecule has 25 heavy (non-hydrogen) atoms. The number of carbonyl (C=O) groups excluding carboxylic acids is 2. The zero-order valence-electron chi connectivity index (χ0n) is 15.1. The van der Waals surface area contributed by atoms with Gasteiger partial charge in [0.05, 0.1) is 12.5 Å². The zero-order chi connectivity index (χ0) is 17.8. The van der Waals surface area contributed by atoms with Crippen LogP contribution in [0.3, 0.4) is 0 Å². The summed E-state index contributed by atoms with van der Waals surface area (Å²) in [6, 6.07) is 7.98. The highest BCUT2D eigenvalue weighted by Gasteiger charge is 2.33. The van der Waals surface area contributed by atoms with Gasteiger partial charge in [0.1, 0.15) is 0 Å². The van der Waals surface area contributed by atoms with Crippen molar-refractivity contribution in [2.45, 2.75) is 39.3 Å². The molecule has 134 valence electrons. The number of nitrogens with zero attached hydrogens (tertiary/aromatic N) is 2. The van der Waals surface area contributed by atoms with E-state index in [0.29, 0.717) is 19.6 Å². The van der Waals surface area contributed by atoms with E-state index in [-0.39, 0.29) is 24.3 Å². The summed E-state index contributed by atoms with van der Waals surface area (Å²) in [5, 5.41) is 2.91. The Labute approximate surface area is 149 Å². The lowest BCUT2D eigenvalue weighted by Crippen LogP contribution is -2.56. The van der Waals surface area contributed by atoms with Crippen LogP contribution in [0.4, 0.5) is 0 Å². The molecule has 2 amide bonds. The summed E-state index contributed by atoms with van der Waals surface area (Å²) >= 11 is 0. The van der Waals surface area contributed by atoms with Crippen molar-refractivity contribution in [2.24, 2.45) is 0 Å². The molecule has 2 aliphatic rings. The topological polar surface area (TPSA) is 52.7 Å². The van der Waals surface area contributed by atoms with E-state index in [9.17, 15) is 9.59 Å². The lowest BCUT2D eigenvalue weighted by molar-refractivity contribution is -0.138. The fourth-order valence-electron chi connectivity index (χ4n) is 3.39. The van der Waals surface area contributed by atoms with E-state index < -0.39 is 0 Å². The molecule has 0 aliphatic carbocycles. The van der Waals surface area contributed by atoms with Crippen molar-refractivity contribution < 1.29 is 9.59 Å². The smallest absolute Gasteiger partial charge is 0.237 e. The van der Waals surface area contributed by atoms with E-state index in [1.165, 1.54) is 16.7 Å². The van der Waals surface area contributed by atoms with Crippen LogP contribution >= 0.6 is 0 Å². The van der Waals surface area contributed by atoms with E-state index in [0.717, 1.165) is 19.5 Å². The third-order valence-electron chi connectivity index (χ3n) is 5.10. The number of aryl methyl sites for hydroxylation is 1. The predicted octanol–water partition coefficient (Wildman–Crippen LogP) is 1.86. The molecule has 1 saturated heterocycles. The summed E-state index contributed by atoms with van der Waals surface area (Å²) in [6.45, 7) is 7.70. The van der Waals surface area contributed by atoms with Crippen LogP contribution in [0, 0.1) is 6.92 Å². The van der Waals surface area contributed by atoms with Crippen molar-refractivity contribution in [1.82, 2.24) is 15.1 Å². The fourth-order valence-corrected chi connectivity index (χ4v) is 3.39. The van der Waals surface area contributed by atoms with Crippen molar-refractivity contribution in [1.29, 1.82) is 0 Å². The van der Waals surface area contributed by atoms with Gasteiger partial charge in [-0.25, -0.2) is 0 Å². The lowest BCUT2D eigenvalue weighted by atomic mass is 10.0. The zero-order valence-corrected chi connectivity index (χ0v) is 15.1. The molecular weight excluding hydrogens is 314 g/mol. The lowest BCUT2D eigenvalue weighted by Gasteiger charge is -2.36. The molecule has 0 radical (unpaired) electrons. The highest BCUT2D eigenvalue weighted by molar-refractivity contribution is 5.89. The maximum Gasteiger partial charge on any atom is 0.237 e. The molecule has 0 saturated carbocycles. The number of piperazine rings is 1. The average Bonchev–Trinajstić information content (AvgIpc) is 2.60. The van der Waals surface area contributed by atoms with Crippen molar-refractivity contribution in [3.8, 4) is 0 Å². The summed E-state index contributed by atoms with van der Waals surface area (Å²) < 4.78 is 0.